The molecule has 94 valence electrons. The van der Waals surface area contributed by atoms with Crippen LogP contribution < -0.4 is 11.1 Å². The molecule has 5 nitrogen and oxygen atoms in total. The fourth-order valence-corrected chi connectivity index (χ4v) is 2.00. The van der Waals surface area contributed by atoms with Gasteiger partial charge in [0.2, 0.25) is 5.91 Å². The van der Waals surface area contributed by atoms with Gasteiger partial charge in [0, 0.05) is 12.8 Å². The highest BCUT2D eigenvalue weighted by Gasteiger charge is 2.16. The Bertz CT molecular complexity index is 471. The van der Waals surface area contributed by atoms with Gasteiger partial charge in [0.1, 0.15) is 5.75 Å². The monoisotopic (exact) mass is 256 g/mol. The summed E-state index contributed by atoms with van der Waals surface area (Å²) in [4.78, 5) is 11.5. The van der Waals surface area contributed by atoms with Gasteiger partial charge in [0.05, 0.1) is 6.04 Å². The van der Waals surface area contributed by atoms with Gasteiger partial charge >= 0.3 is 0 Å². The van der Waals surface area contributed by atoms with Crippen LogP contribution >= 0.6 is 0 Å². The molecule has 1 aromatic carbocycles. The molecule has 17 heavy (non-hydrogen) atoms. The number of hydrogen-bond donors (Lipinski definition) is 2. The minimum atomic E-state index is -3.31. The van der Waals surface area contributed by atoms with Crippen molar-refractivity contribution >= 4 is 15.7 Å². The summed E-state index contributed by atoms with van der Waals surface area (Å²) in [7, 11) is -3.31. The summed E-state index contributed by atoms with van der Waals surface area (Å²) in [6, 6.07) is 8.83. The second kappa shape index (κ2) is 5.79. The molecule has 0 radical (unpaired) electrons. The summed E-state index contributed by atoms with van der Waals surface area (Å²) in [5, 5.41) is 2.60. The molecule has 1 amide bonds. The normalized spacial score (nSPS) is 13.1. The average molecular weight is 256 g/mol. The quantitative estimate of drug-likeness (QED) is 0.766. The van der Waals surface area contributed by atoms with E-state index in [1.54, 1.807) is 0 Å². The maximum Gasteiger partial charge on any atom is 0.235 e. The molecule has 0 aliphatic rings. The van der Waals surface area contributed by atoms with Crippen molar-refractivity contribution < 1.29 is 13.2 Å². The molecule has 0 aliphatic carbocycles. The number of sulfone groups is 1. The lowest BCUT2D eigenvalue weighted by atomic mass is 10.1. The van der Waals surface area contributed by atoms with E-state index in [-0.39, 0.29) is 12.6 Å². The Morgan fingerprint density at radius 3 is 2.41 bits per heavy atom. The number of carbonyl (C=O) groups is 1. The van der Waals surface area contributed by atoms with E-state index < -0.39 is 21.5 Å². The minimum absolute atomic E-state index is 0.222. The summed E-state index contributed by atoms with van der Waals surface area (Å²) in [6.45, 7) is 0.222. The van der Waals surface area contributed by atoms with Crippen molar-refractivity contribution in [2.45, 2.75) is 6.04 Å². The fraction of sp³-hybridized carbons (Fsp3) is 0.364. The first-order valence-electron chi connectivity index (χ1n) is 5.14. The molecule has 0 aromatic heterocycles. The summed E-state index contributed by atoms with van der Waals surface area (Å²) >= 11 is 0. The second-order valence-electron chi connectivity index (χ2n) is 3.84. The molecule has 3 N–H and O–H groups in total. The topological polar surface area (TPSA) is 89.3 Å². The first-order chi connectivity index (χ1) is 7.92. The van der Waals surface area contributed by atoms with Gasteiger partial charge in [0.25, 0.3) is 0 Å². The molecule has 1 unspecified atom stereocenters. The molecule has 0 bridgehead atoms. The first-order valence-corrected chi connectivity index (χ1v) is 7.20. The Labute approximate surface area is 101 Å². The third-order valence-corrected chi connectivity index (χ3v) is 2.95. The van der Waals surface area contributed by atoms with Crippen LogP contribution in [0.2, 0.25) is 0 Å². The third-order valence-electron chi connectivity index (χ3n) is 2.17. The van der Waals surface area contributed by atoms with E-state index in [0.717, 1.165) is 11.8 Å². The Kier molecular flexibility index (Phi) is 4.65. The third kappa shape index (κ3) is 4.97. The molecule has 0 saturated heterocycles. The van der Waals surface area contributed by atoms with Crippen molar-refractivity contribution in [3.63, 3.8) is 0 Å². The largest absolute Gasteiger partial charge is 0.347 e. The predicted octanol–water partition coefficient (Wildman–Crippen LogP) is -0.153. The van der Waals surface area contributed by atoms with Crippen LogP contribution in [0.15, 0.2) is 30.3 Å². The Morgan fingerprint density at radius 1 is 1.35 bits per heavy atom. The van der Waals surface area contributed by atoms with E-state index in [4.69, 9.17) is 5.73 Å². The van der Waals surface area contributed by atoms with Crippen LogP contribution in [-0.2, 0) is 14.6 Å². The van der Waals surface area contributed by atoms with E-state index in [2.05, 4.69) is 5.32 Å². The van der Waals surface area contributed by atoms with Crippen LogP contribution in [0.5, 0.6) is 0 Å². The van der Waals surface area contributed by atoms with Gasteiger partial charge in [-0.05, 0) is 5.56 Å². The number of nitrogens with one attached hydrogen (secondary N) is 1. The van der Waals surface area contributed by atoms with E-state index in [9.17, 15) is 13.2 Å². The van der Waals surface area contributed by atoms with Gasteiger partial charge in [-0.15, -0.1) is 0 Å². The van der Waals surface area contributed by atoms with Crippen LogP contribution in [-0.4, -0.2) is 32.9 Å². The van der Waals surface area contributed by atoms with Crippen LogP contribution in [0, 0.1) is 0 Å². The lowest BCUT2D eigenvalue weighted by molar-refractivity contribution is -0.119. The number of carbonyl (C=O) groups excluding carboxylic acids is 1. The molecule has 0 spiro atoms. The van der Waals surface area contributed by atoms with Crippen LogP contribution in [0.4, 0.5) is 0 Å². The molecular formula is C11H16N2O3S. The maximum absolute atomic E-state index is 11.5. The van der Waals surface area contributed by atoms with Crippen molar-refractivity contribution in [3.05, 3.63) is 35.9 Å². The SMILES string of the molecule is CS(=O)(=O)CC(=O)NC(CN)c1ccccc1. The maximum atomic E-state index is 11.5. The Morgan fingerprint density at radius 2 is 1.94 bits per heavy atom. The van der Waals surface area contributed by atoms with E-state index in [1.807, 2.05) is 30.3 Å². The van der Waals surface area contributed by atoms with Crippen molar-refractivity contribution in [2.75, 3.05) is 18.6 Å². The van der Waals surface area contributed by atoms with Crippen molar-refractivity contribution in [1.29, 1.82) is 0 Å². The second-order valence-corrected chi connectivity index (χ2v) is 5.98. The standard InChI is InChI=1S/C11H16N2O3S/c1-17(15,16)8-11(14)13-10(7-12)9-5-3-2-4-6-9/h2-6,10H,7-8,12H2,1H3,(H,13,14). The zero-order valence-corrected chi connectivity index (χ0v) is 10.4. The van der Waals surface area contributed by atoms with Gasteiger partial charge in [-0.2, -0.15) is 0 Å². The van der Waals surface area contributed by atoms with E-state index >= 15 is 0 Å². The first kappa shape index (κ1) is 13.7. The lowest BCUT2D eigenvalue weighted by Gasteiger charge is -2.16. The molecule has 1 aromatic rings. The molecule has 0 heterocycles. The van der Waals surface area contributed by atoms with E-state index in [1.165, 1.54) is 0 Å². The van der Waals surface area contributed by atoms with E-state index in [0.29, 0.717) is 0 Å². The van der Waals surface area contributed by atoms with Crippen molar-refractivity contribution in [1.82, 2.24) is 5.32 Å². The number of hydrogen-bond acceptors (Lipinski definition) is 4. The molecule has 1 atom stereocenters. The molecule has 1 rings (SSSR count). The highest BCUT2D eigenvalue weighted by Crippen LogP contribution is 2.10. The van der Waals surface area contributed by atoms with Crippen LogP contribution in [0.1, 0.15) is 11.6 Å². The zero-order valence-electron chi connectivity index (χ0n) is 9.59. The Balaban J connectivity index is 2.69. The number of benzene rings is 1. The Hall–Kier alpha value is -1.40. The number of amides is 1. The highest BCUT2D eigenvalue weighted by atomic mass is 32.2. The summed E-state index contributed by atoms with van der Waals surface area (Å²) in [5.74, 6) is -1.05. The summed E-state index contributed by atoms with van der Waals surface area (Å²) in [5.41, 5.74) is 6.41. The molecular weight excluding hydrogens is 240 g/mol. The van der Waals surface area contributed by atoms with Crippen LogP contribution in [0.25, 0.3) is 0 Å². The van der Waals surface area contributed by atoms with Crippen LogP contribution in [0.3, 0.4) is 0 Å². The highest BCUT2D eigenvalue weighted by molar-refractivity contribution is 7.91. The van der Waals surface area contributed by atoms with Gasteiger partial charge in [0.15, 0.2) is 9.84 Å². The summed E-state index contributed by atoms with van der Waals surface area (Å²) < 4.78 is 21.9. The van der Waals surface area contributed by atoms with Gasteiger partial charge in [-0.3, -0.25) is 4.79 Å². The smallest absolute Gasteiger partial charge is 0.235 e. The fourth-order valence-electron chi connectivity index (χ4n) is 1.44. The molecule has 0 saturated carbocycles. The number of nitrogens with two attached hydrogens (primary N) is 1. The molecule has 0 fully saturated rings. The van der Waals surface area contributed by atoms with Gasteiger partial charge in [-0.1, -0.05) is 30.3 Å². The average Bonchev–Trinajstić information content (AvgIpc) is 2.24. The van der Waals surface area contributed by atoms with Crippen molar-refractivity contribution in [3.8, 4) is 0 Å². The predicted molar refractivity (Wildman–Crippen MR) is 66.1 cm³/mol. The van der Waals surface area contributed by atoms with Gasteiger partial charge < -0.3 is 11.1 Å². The summed E-state index contributed by atoms with van der Waals surface area (Å²) in [6.07, 6.45) is 1.02. The lowest BCUT2D eigenvalue weighted by Crippen LogP contribution is -2.36. The number of rotatable bonds is 5. The molecule has 0 aliphatic heterocycles. The van der Waals surface area contributed by atoms with Crippen molar-refractivity contribution in [2.24, 2.45) is 5.73 Å². The zero-order chi connectivity index (χ0) is 12.9. The minimum Gasteiger partial charge on any atom is -0.347 e. The van der Waals surface area contributed by atoms with Gasteiger partial charge in [-0.25, -0.2) is 8.42 Å². The molecule has 6 heteroatoms.